The van der Waals surface area contributed by atoms with Gasteiger partial charge in [0.05, 0.1) is 17.0 Å². The van der Waals surface area contributed by atoms with Gasteiger partial charge < -0.3 is 5.11 Å². The molecule has 0 fully saturated rings. The van der Waals surface area contributed by atoms with Crippen molar-refractivity contribution in [3.05, 3.63) is 72.4 Å². The number of sulfonamides is 1. The molecule has 1 heterocycles. The predicted octanol–water partition coefficient (Wildman–Crippen LogP) is 2.12. The monoisotopic (exact) mass is 342 g/mol. The van der Waals surface area contributed by atoms with Crippen LogP contribution in [0.5, 0.6) is 0 Å². The number of hydrogen-bond donors (Lipinski definition) is 2. The van der Waals surface area contributed by atoms with Crippen LogP contribution in [-0.4, -0.2) is 31.2 Å². The van der Waals surface area contributed by atoms with Crippen LogP contribution in [0.25, 0.3) is 10.9 Å². The van der Waals surface area contributed by atoms with Crippen LogP contribution in [0.3, 0.4) is 0 Å². The summed E-state index contributed by atoms with van der Waals surface area (Å²) in [5.41, 5.74) is 1.57. The van der Waals surface area contributed by atoms with Crippen molar-refractivity contribution >= 4 is 20.9 Å². The van der Waals surface area contributed by atoms with E-state index in [1.54, 1.807) is 36.5 Å². The average molecular weight is 342 g/mol. The maximum Gasteiger partial charge on any atom is 0.241 e. The fraction of sp³-hybridized carbons (Fsp3) is 0.167. The van der Waals surface area contributed by atoms with Crippen LogP contribution in [0.1, 0.15) is 5.56 Å². The zero-order valence-corrected chi connectivity index (χ0v) is 13.8. The normalized spacial score (nSPS) is 13.0. The Morgan fingerprint density at radius 1 is 1.00 bits per heavy atom. The first-order valence-corrected chi connectivity index (χ1v) is 9.09. The van der Waals surface area contributed by atoms with Gasteiger partial charge in [0.1, 0.15) is 0 Å². The molecule has 24 heavy (non-hydrogen) atoms. The van der Waals surface area contributed by atoms with E-state index in [-0.39, 0.29) is 11.5 Å². The lowest BCUT2D eigenvalue weighted by Crippen LogP contribution is -2.39. The Labute approximate surface area is 141 Å². The maximum absolute atomic E-state index is 12.8. The van der Waals surface area contributed by atoms with Gasteiger partial charge in [-0.2, -0.15) is 0 Å². The SMILES string of the molecule is O=S(=O)(N[C@H](CO)Cc1ccccc1)c1cccc2ncccc12. The Morgan fingerprint density at radius 3 is 2.54 bits per heavy atom. The molecule has 6 heteroatoms. The minimum Gasteiger partial charge on any atom is -0.395 e. The molecule has 2 N–H and O–H groups in total. The van der Waals surface area contributed by atoms with Crippen molar-refractivity contribution in [1.29, 1.82) is 0 Å². The number of benzene rings is 2. The van der Waals surface area contributed by atoms with Crippen LogP contribution < -0.4 is 4.72 Å². The lowest BCUT2D eigenvalue weighted by atomic mass is 10.1. The second-order valence-electron chi connectivity index (χ2n) is 5.52. The summed E-state index contributed by atoms with van der Waals surface area (Å²) in [6, 6.07) is 17.3. The summed E-state index contributed by atoms with van der Waals surface area (Å²) in [6.07, 6.45) is 2.04. The lowest BCUT2D eigenvalue weighted by molar-refractivity contribution is 0.256. The molecule has 0 bridgehead atoms. The third-order valence-electron chi connectivity index (χ3n) is 3.76. The van der Waals surface area contributed by atoms with E-state index in [2.05, 4.69) is 9.71 Å². The summed E-state index contributed by atoms with van der Waals surface area (Å²) >= 11 is 0. The Bertz CT molecular complexity index is 922. The van der Waals surface area contributed by atoms with Gasteiger partial charge in [-0.3, -0.25) is 4.98 Å². The van der Waals surface area contributed by atoms with E-state index in [1.165, 1.54) is 0 Å². The molecule has 3 rings (SSSR count). The predicted molar refractivity (Wildman–Crippen MR) is 93.1 cm³/mol. The minimum absolute atomic E-state index is 0.166. The molecule has 5 nitrogen and oxygen atoms in total. The fourth-order valence-corrected chi connectivity index (χ4v) is 4.08. The highest BCUT2D eigenvalue weighted by Gasteiger charge is 2.22. The number of nitrogens with one attached hydrogen (secondary N) is 1. The van der Waals surface area contributed by atoms with Crippen LogP contribution in [0.15, 0.2) is 71.8 Å². The Balaban J connectivity index is 1.89. The highest BCUT2D eigenvalue weighted by Crippen LogP contribution is 2.21. The molecule has 1 atom stereocenters. The summed E-state index contributed by atoms with van der Waals surface area (Å²) in [7, 11) is -3.77. The zero-order valence-electron chi connectivity index (χ0n) is 13.0. The molecule has 0 aliphatic rings. The molecule has 1 aromatic heterocycles. The van der Waals surface area contributed by atoms with E-state index in [1.807, 2.05) is 30.3 Å². The molecular formula is C18H18N2O3S. The van der Waals surface area contributed by atoms with Gasteiger partial charge in [-0.25, -0.2) is 13.1 Å². The van der Waals surface area contributed by atoms with Crippen molar-refractivity contribution in [1.82, 2.24) is 9.71 Å². The minimum atomic E-state index is -3.77. The van der Waals surface area contributed by atoms with Gasteiger partial charge in [0.15, 0.2) is 0 Å². The largest absolute Gasteiger partial charge is 0.395 e. The number of hydrogen-bond acceptors (Lipinski definition) is 4. The van der Waals surface area contributed by atoms with Crippen molar-refractivity contribution in [3.8, 4) is 0 Å². The topological polar surface area (TPSA) is 79.3 Å². The number of aliphatic hydroxyl groups excluding tert-OH is 1. The highest BCUT2D eigenvalue weighted by molar-refractivity contribution is 7.89. The molecule has 0 aliphatic heterocycles. The zero-order chi connectivity index (χ0) is 17.0. The van der Waals surface area contributed by atoms with Crippen LogP contribution in [0.4, 0.5) is 0 Å². The highest BCUT2D eigenvalue weighted by atomic mass is 32.2. The van der Waals surface area contributed by atoms with Crippen molar-refractivity contribution in [2.24, 2.45) is 0 Å². The van der Waals surface area contributed by atoms with E-state index < -0.39 is 16.1 Å². The first-order chi connectivity index (χ1) is 11.6. The van der Waals surface area contributed by atoms with E-state index in [4.69, 9.17) is 0 Å². The molecule has 0 radical (unpaired) electrons. The molecular weight excluding hydrogens is 324 g/mol. The molecule has 0 saturated heterocycles. The van der Waals surface area contributed by atoms with Crippen LogP contribution in [0, 0.1) is 0 Å². The van der Waals surface area contributed by atoms with Crippen molar-refractivity contribution in [2.45, 2.75) is 17.4 Å². The summed E-state index contributed by atoms with van der Waals surface area (Å²) < 4.78 is 28.1. The number of pyridine rings is 1. The van der Waals surface area contributed by atoms with Gasteiger partial charge in [0.25, 0.3) is 0 Å². The molecule has 0 unspecified atom stereocenters. The van der Waals surface area contributed by atoms with Gasteiger partial charge in [-0.05, 0) is 36.2 Å². The molecule has 0 amide bonds. The number of fused-ring (bicyclic) bond motifs is 1. The summed E-state index contributed by atoms with van der Waals surface area (Å²) in [5, 5.41) is 10.1. The first-order valence-electron chi connectivity index (χ1n) is 7.61. The van der Waals surface area contributed by atoms with E-state index in [0.717, 1.165) is 5.56 Å². The first kappa shape index (κ1) is 16.6. The fourth-order valence-electron chi connectivity index (χ4n) is 2.63. The van der Waals surface area contributed by atoms with Gasteiger partial charge in [0, 0.05) is 17.6 Å². The summed E-state index contributed by atoms with van der Waals surface area (Å²) in [5.74, 6) is 0. The third kappa shape index (κ3) is 3.62. The smallest absolute Gasteiger partial charge is 0.241 e. The van der Waals surface area contributed by atoms with E-state index >= 15 is 0 Å². The quantitative estimate of drug-likeness (QED) is 0.719. The molecule has 0 spiro atoms. The van der Waals surface area contributed by atoms with Crippen LogP contribution in [-0.2, 0) is 16.4 Å². The summed E-state index contributed by atoms with van der Waals surface area (Å²) in [6.45, 7) is -0.281. The molecule has 0 aliphatic carbocycles. The number of aromatic nitrogens is 1. The van der Waals surface area contributed by atoms with Crippen molar-refractivity contribution in [2.75, 3.05) is 6.61 Å². The number of rotatable bonds is 6. The molecule has 3 aromatic rings. The maximum atomic E-state index is 12.8. The van der Waals surface area contributed by atoms with E-state index in [0.29, 0.717) is 17.3 Å². The number of nitrogens with zero attached hydrogens (tertiary/aromatic N) is 1. The van der Waals surface area contributed by atoms with Crippen molar-refractivity contribution in [3.63, 3.8) is 0 Å². The van der Waals surface area contributed by atoms with Gasteiger partial charge in [-0.15, -0.1) is 0 Å². The van der Waals surface area contributed by atoms with Crippen molar-refractivity contribution < 1.29 is 13.5 Å². The van der Waals surface area contributed by atoms with Gasteiger partial charge in [-0.1, -0.05) is 36.4 Å². The molecule has 0 saturated carbocycles. The lowest BCUT2D eigenvalue weighted by Gasteiger charge is -2.17. The number of aliphatic hydroxyl groups is 1. The Hall–Kier alpha value is -2.28. The Kier molecular flexibility index (Phi) is 4.89. The molecule has 124 valence electrons. The van der Waals surface area contributed by atoms with Crippen LogP contribution >= 0.6 is 0 Å². The Morgan fingerprint density at radius 2 is 1.79 bits per heavy atom. The second kappa shape index (κ2) is 7.09. The van der Waals surface area contributed by atoms with Gasteiger partial charge >= 0.3 is 0 Å². The summed E-state index contributed by atoms with van der Waals surface area (Å²) in [4.78, 5) is 4.35. The second-order valence-corrected chi connectivity index (χ2v) is 7.20. The van der Waals surface area contributed by atoms with E-state index in [9.17, 15) is 13.5 Å². The molecule has 2 aromatic carbocycles. The van der Waals surface area contributed by atoms with Gasteiger partial charge in [0.2, 0.25) is 10.0 Å². The standard InChI is InChI=1S/C18H18N2O3S/c21-13-15(12-14-6-2-1-3-7-14)20-24(22,23)18-10-4-9-17-16(18)8-5-11-19-17/h1-11,15,20-21H,12-13H2/t15-/m0/s1. The van der Waals surface area contributed by atoms with Crippen LogP contribution in [0.2, 0.25) is 0 Å². The third-order valence-corrected chi connectivity index (χ3v) is 5.34. The average Bonchev–Trinajstić information content (AvgIpc) is 2.61.